The van der Waals surface area contributed by atoms with Gasteiger partial charge in [0.25, 0.3) is 0 Å². The first-order valence-corrected chi connectivity index (χ1v) is 11.2. The van der Waals surface area contributed by atoms with E-state index in [9.17, 15) is 19.5 Å². The number of aromatic nitrogens is 2. The van der Waals surface area contributed by atoms with Crippen molar-refractivity contribution in [1.29, 1.82) is 0 Å². The molecule has 35 heavy (non-hydrogen) atoms. The van der Waals surface area contributed by atoms with Crippen molar-refractivity contribution in [3.05, 3.63) is 84.7 Å². The van der Waals surface area contributed by atoms with Crippen LogP contribution >= 0.6 is 0 Å². The normalized spacial score (nSPS) is 12.8. The molecule has 1 aromatic heterocycles. The van der Waals surface area contributed by atoms with Crippen molar-refractivity contribution in [3.63, 3.8) is 0 Å². The lowest BCUT2D eigenvalue weighted by atomic mass is 9.98. The zero-order chi connectivity index (χ0) is 24.8. The third kappa shape index (κ3) is 5.57. The Balaban J connectivity index is 1.31. The summed E-state index contributed by atoms with van der Waals surface area (Å²) in [5.41, 5.74) is 4.88. The molecule has 4 rings (SSSR count). The first-order chi connectivity index (χ1) is 17.0. The molecule has 180 valence electrons. The molecule has 1 unspecified atom stereocenters. The van der Waals surface area contributed by atoms with Crippen LogP contribution in [0.25, 0.3) is 11.1 Å². The van der Waals surface area contributed by atoms with Gasteiger partial charge < -0.3 is 15.2 Å². The van der Waals surface area contributed by atoms with Crippen LogP contribution in [-0.4, -0.2) is 45.5 Å². The van der Waals surface area contributed by atoms with Crippen LogP contribution in [0.2, 0.25) is 0 Å². The third-order valence-electron chi connectivity index (χ3n) is 5.82. The maximum Gasteiger partial charge on any atom is 0.411 e. The topological polar surface area (TPSA) is 123 Å². The van der Waals surface area contributed by atoms with Crippen molar-refractivity contribution in [2.45, 2.75) is 31.3 Å². The first kappa shape index (κ1) is 23.7. The maximum atomic E-state index is 12.4. The molecule has 1 atom stereocenters. The quantitative estimate of drug-likeness (QED) is 0.385. The number of benzene rings is 2. The minimum absolute atomic E-state index is 0.0529. The molecule has 9 heteroatoms. The SMILES string of the molecule is C=CCCC(NC(=O)Cn1cc(NC(=O)OCC2c3ccccc3-c3ccccc32)cn1)C(=O)O. The molecular weight excluding hydrogens is 448 g/mol. The average molecular weight is 475 g/mol. The number of allylic oxidation sites excluding steroid dienone is 1. The summed E-state index contributed by atoms with van der Waals surface area (Å²) in [4.78, 5) is 35.9. The van der Waals surface area contributed by atoms with Crippen molar-refractivity contribution in [3.8, 4) is 11.1 Å². The Morgan fingerprint density at radius 2 is 1.77 bits per heavy atom. The average Bonchev–Trinajstić information content (AvgIpc) is 3.41. The van der Waals surface area contributed by atoms with Gasteiger partial charge in [-0.25, -0.2) is 9.59 Å². The highest BCUT2D eigenvalue weighted by atomic mass is 16.5. The molecule has 0 aliphatic heterocycles. The summed E-state index contributed by atoms with van der Waals surface area (Å²) < 4.78 is 6.82. The van der Waals surface area contributed by atoms with Crippen LogP contribution in [0.15, 0.2) is 73.6 Å². The van der Waals surface area contributed by atoms with Crippen LogP contribution in [0.3, 0.4) is 0 Å². The number of fused-ring (bicyclic) bond motifs is 3. The summed E-state index contributed by atoms with van der Waals surface area (Å²) in [6.45, 7) is 3.54. The Labute approximate surface area is 202 Å². The van der Waals surface area contributed by atoms with Gasteiger partial charge in [-0.15, -0.1) is 6.58 Å². The number of carbonyl (C=O) groups excluding carboxylic acids is 2. The van der Waals surface area contributed by atoms with Crippen molar-refractivity contribution < 1.29 is 24.2 Å². The summed E-state index contributed by atoms with van der Waals surface area (Å²) in [6, 6.07) is 15.1. The molecule has 0 bridgehead atoms. The number of nitrogens with one attached hydrogen (secondary N) is 2. The van der Waals surface area contributed by atoms with Gasteiger partial charge in [-0.1, -0.05) is 54.6 Å². The molecule has 0 radical (unpaired) electrons. The number of anilines is 1. The zero-order valence-corrected chi connectivity index (χ0v) is 19.0. The van der Waals surface area contributed by atoms with Crippen molar-refractivity contribution in [1.82, 2.24) is 15.1 Å². The number of aliphatic carboxylic acids is 1. The summed E-state index contributed by atoms with van der Waals surface area (Å²) in [5, 5.41) is 18.3. The van der Waals surface area contributed by atoms with Crippen LogP contribution in [0.4, 0.5) is 10.5 Å². The predicted octanol–water partition coefficient (Wildman–Crippen LogP) is 3.78. The number of carbonyl (C=O) groups is 3. The third-order valence-corrected chi connectivity index (χ3v) is 5.82. The van der Waals surface area contributed by atoms with Gasteiger partial charge in [0.05, 0.1) is 11.9 Å². The number of ether oxygens (including phenoxy) is 1. The highest BCUT2D eigenvalue weighted by Gasteiger charge is 2.29. The number of carboxylic acid groups (broad SMARTS) is 1. The van der Waals surface area contributed by atoms with Crippen molar-refractivity contribution in [2.75, 3.05) is 11.9 Å². The van der Waals surface area contributed by atoms with E-state index in [1.54, 1.807) is 6.08 Å². The largest absolute Gasteiger partial charge is 0.480 e. The lowest BCUT2D eigenvalue weighted by Crippen LogP contribution is -2.42. The van der Waals surface area contributed by atoms with Crippen molar-refractivity contribution in [2.24, 2.45) is 0 Å². The van der Waals surface area contributed by atoms with E-state index in [2.05, 4.69) is 34.4 Å². The van der Waals surface area contributed by atoms with E-state index in [0.29, 0.717) is 12.1 Å². The number of carboxylic acids is 1. The van der Waals surface area contributed by atoms with Crippen LogP contribution in [0.1, 0.15) is 29.9 Å². The van der Waals surface area contributed by atoms with Gasteiger partial charge in [0.2, 0.25) is 5.91 Å². The lowest BCUT2D eigenvalue weighted by Gasteiger charge is -2.14. The van der Waals surface area contributed by atoms with E-state index in [0.717, 1.165) is 22.3 Å². The molecule has 1 aliphatic rings. The first-order valence-electron chi connectivity index (χ1n) is 11.2. The highest BCUT2D eigenvalue weighted by Crippen LogP contribution is 2.44. The summed E-state index contributed by atoms with van der Waals surface area (Å²) in [5.74, 6) is -1.67. The fraction of sp³-hybridized carbons (Fsp3) is 0.231. The second kappa shape index (κ2) is 10.7. The van der Waals surface area contributed by atoms with Gasteiger partial charge >= 0.3 is 12.1 Å². The number of nitrogens with zero attached hydrogens (tertiary/aromatic N) is 2. The van der Waals surface area contributed by atoms with Crippen LogP contribution in [-0.2, 0) is 20.9 Å². The van der Waals surface area contributed by atoms with E-state index in [4.69, 9.17) is 4.74 Å². The molecule has 0 spiro atoms. The van der Waals surface area contributed by atoms with Gasteiger partial charge in [-0.2, -0.15) is 5.10 Å². The Morgan fingerprint density at radius 3 is 2.40 bits per heavy atom. The Kier molecular flexibility index (Phi) is 7.25. The molecule has 3 aromatic rings. The summed E-state index contributed by atoms with van der Waals surface area (Å²) in [6.07, 6.45) is 4.54. The monoisotopic (exact) mass is 474 g/mol. The van der Waals surface area contributed by atoms with Gasteiger partial charge in [0.1, 0.15) is 19.2 Å². The molecule has 0 saturated heterocycles. The Morgan fingerprint density at radius 1 is 1.11 bits per heavy atom. The van der Waals surface area contributed by atoms with Crippen molar-refractivity contribution >= 4 is 23.7 Å². The number of rotatable bonds is 10. The van der Waals surface area contributed by atoms with E-state index in [1.165, 1.54) is 17.1 Å². The van der Waals surface area contributed by atoms with Crippen LogP contribution < -0.4 is 10.6 Å². The van der Waals surface area contributed by atoms with E-state index in [1.807, 2.05) is 36.4 Å². The zero-order valence-electron chi connectivity index (χ0n) is 19.0. The van der Waals surface area contributed by atoms with Crippen LogP contribution in [0.5, 0.6) is 0 Å². The Hall–Kier alpha value is -4.40. The van der Waals surface area contributed by atoms with Gasteiger partial charge in [0, 0.05) is 12.1 Å². The molecule has 1 heterocycles. The van der Waals surface area contributed by atoms with E-state index >= 15 is 0 Å². The minimum Gasteiger partial charge on any atom is -0.480 e. The minimum atomic E-state index is -1.11. The Bertz CT molecular complexity index is 1210. The highest BCUT2D eigenvalue weighted by molar-refractivity contribution is 5.85. The van der Waals surface area contributed by atoms with Gasteiger partial charge in [0.15, 0.2) is 0 Å². The molecule has 2 aromatic carbocycles. The summed E-state index contributed by atoms with van der Waals surface area (Å²) >= 11 is 0. The molecule has 2 amide bonds. The predicted molar refractivity (Wildman–Crippen MR) is 130 cm³/mol. The number of hydrogen-bond acceptors (Lipinski definition) is 5. The standard InChI is InChI=1S/C26H26N4O5/c1-2-3-12-23(25(32)33)29-24(31)15-30-14-17(13-27-30)28-26(34)35-16-22-20-10-6-4-8-18(20)19-9-5-7-11-21(19)22/h2,4-11,13-14,22-23H,1,3,12,15-16H2,(H,28,34)(H,29,31)(H,32,33). The molecule has 1 aliphatic carbocycles. The van der Waals surface area contributed by atoms with Gasteiger partial charge in [-0.3, -0.25) is 14.8 Å². The fourth-order valence-corrected chi connectivity index (χ4v) is 4.20. The van der Waals surface area contributed by atoms with E-state index in [-0.39, 0.29) is 25.5 Å². The van der Waals surface area contributed by atoms with Crippen LogP contribution in [0, 0.1) is 0 Å². The number of amides is 2. The molecule has 0 fully saturated rings. The van der Waals surface area contributed by atoms with E-state index < -0.39 is 24.0 Å². The smallest absolute Gasteiger partial charge is 0.411 e. The second-order valence-electron chi connectivity index (χ2n) is 8.20. The molecular formula is C26H26N4O5. The molecule has 3 N–H and O–H groups in total. The summed E-state index contributed by atoms with van der Waals surface area (Å²) in [7, 11) is 0. The van der Waals surface area contributed by atoms with Gasteiger partial charge in [-0.05, 0) is 35.1 Å². The second-order valence-corrected chi connectivity index (χ2v) is 8.20. The molecule has 0 saturated carbocycles. The molecule has 9 nitrogen and oxygen atoms in total. The number of hydrogen-bond donors (Lipinski definition) is 3. The lowest BCUT2D eigenvalue weighted by molar-refractivity contribution is -0.142. The maximum absolute atomic E-state index is 12.4. The fourth-order valence-electron chi connectivity index (χ4n) is 4.20.